The maximum absolute atomic E-state index is 12.8. The lowest BCUT2D eigenvalue weighted by Crippen LogP contribution is -2.34. The van der Waals surface area contributed by atoms with Gasteiger partial charge in [0.1, 0.15) is 0 Å². The number of hydrogen-bond acceptors (Lipinski definition) is 5. The molecule has 0 aliphatic heterocycles. The molecule has 3 amide bonds. The summed E-state index contributed by atoms with van der Waals surface area (Å²) >= 11 is 1.54. The van der Waals surface area contributed by atoms with Crippen molar-refractivity contribution in [3.8, 4) is 16.4 Å². The zero-order valence-corrected chi connectivity index (χ0v) is 19.1. The van der Waals surface area contributed by atoms with Crippen molar-refractivity contribution in [1.82, 2.24) is 25.4 Å². The summed E-state index contributed by atoms with van der Waals surface area (Å²) in [5.74, 6) is 0.364. The number of nitrogens with zero attached hydrogens (tertiary/aromatic N) is 3. The number of carbonyl (C=O) groups is 2. The second kappa shape index (κ2) is 10.1. The van der Waals surface area contributed by atoms with E-state index in [0.717, 1.165) is 16.1 Å². The van der Waals surface area contributed by atoms with Crippen molar-refractivity contribution in [1.29, 1.82) is 0 Å². The predicted molar refractivity (Wildman–Crippen MR) is 130 cm³/mol. The van der Waals surface area contributed by atoms with Crippen LogP contribution in [0.25, 0.3) is 16.4 Å². The Labute approximate surface area is 195 Å². The van der Waals surface area contributed by atoms with Crippen LogP contribution in [0.3, 0.4) is 0 Å². The van der Waals surface area contributed by atoms with Crippen molar-refractivity contribution in [2.75, 3.05) is 5.32 Å². The van der Waals surface area contributed by atoms with Gasteiger partial charge in [-0.05, 0) is 55.1 Å². The molecule has 0 aliphatic rings. The molecule has 4 rings (SSSR count). The molecule has 9 heteroatoms. The zero-order chi connectivity index (χ0) is 23.2. The molecule has 0 fully saturated rings. The second-order valence-electron chi connectivity index (χ2n) is 7.62. The molecule has 2 aromatic heterocycles. The Bertz CT molecular complexity index is 1220. The van der Waals surface area contributed by atoms with Gasteiger partial charge in [-0.1, -0.05) is 36.4 Å². The van der Waals surface area contributed by atoms with Crippen LogP contribution in [0.15, 0.2) is 72.1 Å². The highest BCUT2D eigenvalue weighted by molar-refractivity contribution is 7.13. The van der Waals surface area contributed by atoms with Crippen molar-refractivity contribution in [2.45, 2.75) is 26.4 Å². The minimum atomic E-state index is -0.360. The number of rotatable bonds is 7. The molecule has 3 N–H and O–H groups in total. The summed E-state index contributed by atoms with van der Waals surface area (Å²) < 4.78 is 1.68. The Kier molecular flexibility index (Phi) is 6.80. The standard InChI is InChI=1S/C24H24N6O2S/c1-16(2)26-24(32)27-18-12-10-17(11-13-18)15-25-23(31)21-28-22(20-9-6-14-33-20)30(29-21)19-7-4-3-5-8-19/h3-14,16H,15H2,1-2H3,(H,25,31)(H2,26,27,32). The summed E-state index contributed by atoms with van der Waals surface area (Å²) in [7, 11) is 0. The number of carbonyl (C=O) groups excluding carboxylic acids is 2. The maximum Gasteiger partial charge on any atom is 0.319 e. The first-order valence-electron chi connectivity index (χ1n) is 10.5. The summed E-state index contributed by atoms with van der Waals surface area (Å²) in [5, 5.41) is 14.8. The van der Waals surface area contributed by atoms with E-state index in [-0.39, 0.29) is 23.8 Å². The molecule has 0 atom stereocenters. The number of aromatic nitrogens is 3. The predicted octanol–water partition coefficient (Wildman–Crippen LogP) is 4.46. The highest BCUT2D eigenvalue weighted by atomic mass is 32.1. The van der Waals surface area contributed by atoms with Gasteiger partial charge in [-0.25, -0.2) is 14.5 Å². The first-order valence-corrected chi connectivity index (χ1v) is 11.4. The van der Waals surface area contributed by atoms with E-state index in [1.54, 1.807) is 16.8 Å². The maximum atomic E-state index is 12.8. The summed E-state index contributed by atoms with van der Waals surface area (Å²) in [6.07, 6.45) is 0. The Morgan fingerprint density at radius 1 is 1.00 bits per heavy atom. The second-order valence-corrected chi connectivity index (χ2v) is 8.56. The lowest BCUT2D eigenvalue weighted by atomic mass is 10.2. The fourth-order valence-corrected chi connectivity index (χ4v) is 3.82. The van der Waals surface area contributed by atoms with Crippen LogP contribution >= 0.6 is 11.3 Å². The molecule has 33 heavy (non-hydrogen) atoms. The number of anilines is 1. The van der Waals surface area contributed by atoms with Gasteiger partial charge in [-0.3, -0.25) is 4.79 Å². The van der Waals surface area contributed by atoms with Crippen LogP contribution in [0.4, 0.5) is 10.5 Å². The highest BCUT2D eigenvalue weighted by Crippen LogP contribution is 2.25. The van der Waals surface area contributed by atoms with Crippen LogP contribution < -0.4 is 16.0 Å². The van der Waals surface area contributed by atoms with Crippen LogP contribution in [-0.2, 0) is 6.54 Å². The van der Waals surface area contributed by atoms with Gasteiger partial charge in [0.25, 0.3) is 5.91 Å². The van der Waals surface area contributed by atoms with Gasteiger partial charge in [0.05, 0.1) is 10.6 Å². The quantitative estimate of drug-likeness (QED) is 0.379. The SMILES string of the molecule is CC(C)NC(=O)Nc1ccc(CNC(=O)c2nc(-c3cccs3)n(-c3ccccc3)n2)cc1. The smallest absolute Gasteiger partial charge is 0.319 e. The molecule has 0 bridgehead atoms. The lowest BCUT2D eigenvalue weighted by molar-refractivity contribution is 0.0940. The Morgan fingerprint density at radius 3 is 2.42 bits per heavy atom. The third kappa shape index (κ3) is 5.64. The van der Waals surface area contributed by atoms with E-state index in [2.05, 4.69) is 26.0 Å². The molecule has 168 valence electrons. The van der Waals surface area contributed by atoms with Gasteiger partial charge < -0.3 is 16.0 Å². The monoisotopic (exact) mass is 460 g/mol. The summed E-state index contributed by atoms with van der Waals surface area (Å²) in [5.41, 5.74) is 2.39. The van der Waals surface area contributed by atoms with Gasteiger partial charge >= 0.3 is 6.03 Å². The fraction of sp³-hybridized carbons (Fsp3) is 0.167. The molecular weight excluding hydrogens is 436 g/mol. The fourth-order valence-electron chi connectivity index (χ4n) is 3.12. The topological polar surface area (TPSA) is 101 Å². The van der Waals surface area contributed by atoms with Crippen LogP contribution in [0, 0.1) is 0 Å². The largest absolute Gasteiger partial charge is 0.345 e. The van der Waals surface area contributed by atoms with Gasteiger partial charge in [0.2, 0.25) is 5.82 Å². The molecule has 0 aliphatic carbocycles. The van der Waals surface area contributed by atoms with Crippen molar-refractivity contribution >= 4 is 29.0 Å². The first-order chi connectivity index (χ1) is 16.0. The highest BCUT2D eigenvalue weighted by Gasteiger charge is 2.19. The van der Waals surface area contributed by atoms with Crippen molar-refractivity contribution in [2.24, 2.45) is 0 Å². The number of hydrogen-bond donors (Lipinski definition) is 3. The van der Waals surface area contributed by atoms with E-state index >= 15 is 0 Å². The van der Waals surface area contributed by atoms with Crippen molar-refractivity contribution < 1.29 is 9.59 Å². The third-order valence-corrected chi connectivity index (χ3v) is 5.50. The molecule has 2 aromatic carbocycles. The van der Waals surface area contributed by atoms with Gasteiger partial charge in [0, 0.05) is 18.3 Å². The molecule has 0 saturated heterocycles. The number of nitrogens with one attached hydrogen (secondary N) is 3. The summed E-state index contributed by atoms with van der Waals surface area (Å²) in [4.78, 5) is 30.0. The van der Waals surface area contributed by atoms with E-state index < -0.39 is 0 Å². The average Bonchev–Trinajstić information content (AvgIpc) is 3.48. The number of thiophene rings is 1. The van der Waals surface area contributed by atoms with E-state index in [1.807, 2.05) is 73.8 Å². The Hall–Kier alpha value is -3.98. The van der Waals surface area contributed by atoms with Crippen LogP contribution in [-0.4, -0.2) is 32.7 Å². The van der Waals surface area contributed by atoms with E-state index in [1.165, 1.54) is 11.3 Å². The summed E-state index contributed by atoms with van der Waals surface area (Å²) in [6.45, 7) is 4.10. The average molecular weight is 461 g/mol. The molecule has 0 spiro atoms. The van der Waals surface area contributed by atoms with Crippen LogP contribution in [0.1, 0.15) is 30.0 Å². The number of para-hydroxylation sites is 1. The Balaban J connectivity index is 1.44. The molecule has 0 radical (unpaired) electrons. The molecular formula is C24H24N6O2S. The number of urea groups is 1. The first kappa shape index (κ1) is 22.2. The molecule has 0 saturated carbocycles. The van der Waals surface area contributed by atoms with Gasteiger partial charge in [-0.2, -0.15) is 0 Å². The van der Waals surface area contributed by atoms with Gasteiger partial charge in [-0.15, -0.1) is 16.4 Å². The normalized spacial score (nSPS) is 10.8. The minimum absolute atomic E-state index is 0.0544. The van der Waals surface area contributed by atoms with Crippen molar-refractivity contribution in [3.05, 3.63) is 83.5 Å². The molecule has 8 nitrogen and oxygen atoms in total. The zero-order valence-electron chi connectivity index (χ0n) is 18.3. The van der Waals surface area contributed by atoms with Crippen LogP contribution in [0.5, 0.6) is 0 Å². The lowest BCUT2D eigenvalue weighted by Gasteiger charge is -2.10. The molecule has 0 unspecified atom stereocenters. The van der Waals surface area contributed by atoms with Crippen LogP contribution in [0.2, 0.25) is 0 Å². The molecule has 2 heterocycles. The third-order valence-electron chi connectivity index (χ3n) is 4.64. The number of amides is 3. The minimum Gasteiger partial charge on any atom is -0.345 e. The number of benzene rings is 2. The van der Waals surface area contributed by atoms with Gasteiger partial charge in [0.15, 0.2) is 5.82 Å². The Morgan fingerprint density at radius 2 is 1.76 bits per heavy atom. The molecule has 4 aromatic rings. The summed E-state index contributed by atoms with van der Waals surface area (Å²) in [6, 6.07) is 20.6. The van der Waals surface area contributed by atoms with Crippen molar-refractivity contribution in [3.63, 3.8) is 0 Å². The van der Waals surface area contributed by atoms with E-state index in [0.29, 0.717) is 18.1 Å². The van der Waals surface area contributed by atoms with E-state index in [4.69, 9.17) is 0 Å². The van der Waals surface area contributed by atoms with E-state index in [9.17, 15) is 9.59 Å².